The lowest BCUT2D eigenvalue weighted by molar-refractivity contribution is 0.428. The number of benzene rings is 1. The highest BCUT2D eigenvalue weighted by Crippen LogP contribution is 2.24. The van der Waals surface area contributed by atoms with E-state index >= 15 is 0 Å². The summed E-state index contributed by atoms with van der Waals surface area (Å²) in [4.78, 5) is 4.28. The van der Waals surface area contributed by atoms with Crippen LogP contribution in [0.1, 0.15) is 22.3 Å². The fraction of sp³-hybridized carbons (Fsp3) is 0.308. The lowest BCUT2D eigenvalue weighted by atomic mass is 10.0. The van der Waals surface area contributed by atoms with Gasteiger partial charge < -0.3 is 5.32 Å². The number of hydrogen-bond donors (Lipinski definition) is 1. The molecule has 1 aromatic carbocycles. The molecule has 0 aliphatic heterocycles. The van der Waals surface area contributed by atoms with Gasteiger partial charge in [-0.05, 0) is 20.0 Å². The molecule has 0 aliphatic carbocycles. The van der Waals surface area contributed by atoms with E-state index in [0.29, 0.717) is 6.42 Å². The highest BCUT2D eigenvalue weighted by Gasteiger charge is 2.20. The zero-order valence-electron chi connectivity index (χ0n) is 10.5. The number of hydrogen-bond acceptors (Lipinski definition) is 3. The van der Waals surface area contributed by atoms with E-state index in [9.17, 15) is 13.2 Å². The smallest absolute Gasteiger partial charge is 0.194 e. The predicted molar refractivity (Wildman–Crippen MR) is 68.7 cm³/mol. The summed E-state index contributed by atoms with van der Waals surface area (Å²) in [6.07, 6.45) is 0.419. The summed E-state index contributed by atoms with van der Waals surface area (Å²) in [6.45, 7) is 1.88. The minimum atomic E-state index is -1.44. The Morgan fingerprint density at radius 1 is 1.26 bits per heavy atom. The van der Waals surface area contributed by atoms with Crippen LogP contribution in [0.2, 0.25) is 0 Å². The van der Waals surface area contributed by atoms with E-state index in [4.69, 9.17) is 0 Å². The highest BCUT2D eigenvalue weighted by atomic mass is 32.1. The lowest BCUT2D eigenvalue weighted by Gasteiger charge is -2.16. The molecular weight excluding hydrogens is 273 g/mol. The molecule has 2 nitrogen and oxygen atoms in total. The second-order valence-electron chi connectivity index (χ2n) is 4.17. The third kappa shape index (κ3) is 2.96. The van der Waals surface area contributed by atoms with Crippen LogP contribution in [0.5, 0.6) is 0 Å². The number of aromatic nitrogens is 1. The van der Waals surface area contributed by atoms with Gasteiger partial charge in [0.15, 0.2) is 17.5 Å². The Balaban J connectivity index is 2.29. The van der Waals surface area contributed by atoms with Crippen LogP contribution in [-0.4, -0.2) is 12.0 Å². The Hall–Kier alpha value is -1.40. The van der Waals surface area contributed by atoms with Gasteiger partial charge in [0.2, 0.25) is 0 Å². The molecule has 19 heavy (non-hydrogen) atoms. The zero-order valence-corrected chi connectivity index (χ0v) is 11.3. The Labute approximate surface area is 113 Å². The van der Waals surface area contributed by atoms with Crippen LogP contribution in [0.3, 0.4) is 0 Å². The van der Waals surface area contributed by atoms with E-state index in [2.05, 4.69) is 10.3 Å². The van der Waals surface area contributed by atoms with Crippen LogP contribution in [0.25, 0.3) is 0 Å². The molecule has 0 saturated heterocycles. The molecule has 0 aliphatic rings. The topological polar surface area (TPSA) is 24.9 Å². The Kier molecular flexibility index (Phi) is 4.21. The van der Waals surface area contributed by atoms with Gasteiger partial charge >= 0.3 is 0 Å². The number of nitrogens with zero attached hydrogens (tertiary/aromatic N) is 1. The number of aryl methyl sites for hydroxylation is 1. The van der Waals surface area contributed by atoms with Crippen molar-refractivity contribution in [2.45, 2.75) is 19.4 Å². The van der Waals surface area contributed by atoms with Crippen molar-refractivity contribution in [2.24, 2.45) is 0 Å². The zero-order chi connectivity index (χ0) is 14.0. The molecule has 0 amide bonds. The van der Waals surface area contributed by atoms with Gasteiger partial charge in [-0.25, -0.2) is 18.2 Å². The summed E-state index contributed by atoms with van der Waals surface area (Å²) < 4.78 is 39.9. The first-order valence-corrected chi connectivity index (χ1v) is 6.62. The van der Waals surface area contributed by atoms with Crippen molar-refractivity contribution in [3.63, 3.8) is 0 Å². The predicted octanol–water partition coefficient (Wildman–Crippen LogP) is 3.37. The van der Waals surface area contributed by atoms with Crippen LogP contribution in [-0.2, 0) is 6.42 Å². The van der Waals surface area contributed by atoms with Gasteiger partial charge in [-0.1, -0.05) is 6.07 Å². The first kappa shape index (κ1) is 14.0. The first-order chi connectivity index (χ1) is 9.02. The Morgan fingerprint density at radius 3 is 2.58 bits per heavy atom. The van der Waals surface area contributed by atoms with E-state index in [1.54, 1.807) is 7.05 Å². The van der Waals surface area contributed by atoms with E-state index in [1.165, 1.54) is 17.4 Å². The maximum atomic E-state index is 13.7. The fourth-order valence-electron chi connectivity index (χ4n) is 1.89. The summed E-state index contributed by atoms with van der Waals surface area (Å²) in [7, 11) is 1.64. The van der Waals surface area contributed by atoms with Crippen molar-refractivity contribution in [1.29, 1.82) is 0 Å². The number of nitrogens with one attached hydrogen (secondary N) is 1. The molecule has 0 bridgehead atoms. The van der Waals surface area contributed by atoms with Gasteiger partial charge in [0.1, 0.15) is 0 Å². The quantitative estimate of drug-likeness (QED) is 0.872. The van der Waals surface area contributed by atoms with E-state index in [1.807, 2.05) is 12.3 Å². The molecule has 2 aromatic rings. The minimum Gasteiger partial charge on any atom is -0.313 e. The fourth-order valence-corrected chi connectivity index (χ4v) is 2.51. The summed E-state index contributed by atoms with van der Waals surface area (Å²) >= 11 is 1.50. The average Bonchev–Trinajstić information content (AvgIpc) is 2.80. The van der Waals surface area contributed by atoms with Crippen molar-refractivity contribution in [3.05, 3.63) is 51.2 Å². The number of likely N-dealkylation sites (N-methyl/N-ethyl adjacent to an activating group) is 1. The van der Waals surface area contributed by atoms with Gasteiger partial charge in [0, 0.05) is 23.4 Å². The summed E-state index contributed by atoms with van der Waals surface area (Å²) in [5.74, 6) is -3.76. The van der Waals surface area contributed by atoms with Crippen LogP contribution in [0.15, 0.2) is 17.5 Å². The number of rotatable bonds is 4. The molecule has 1 heterocycles. The summed E-state index contributed by atoms with van der Waals surface area (Å²) in [5, 5.41) is 5.68. The van der Waals surface area contributed by atoms with Crippen molar-refractivity contribution in [1.82, 2.24) is 10.3 Å². The lowest BCUT2D eigenvalue weighted by Crippen LogP contribution is -2.21. The molecule has 1 atom stereocenters. The molecule has 0 fully saturated rings. The van der Waals surface area contributed by atoms with Crippen molar-refractivity contribution in [3.8, 4) is 0 Å². The monoisotopic (exact) mass is 286 g/mol. The summed E-state index contributed by atoms with van der Waals surface area (Å²) in [6, 6.07) is 1.75. The molecule has 1 aromatic heterocycles. The molecule has 0 radical (unpaired) electrons. The van der Waals surface area contributed by atoms with Crippen LogP contribution < -0.4 is 5.32 Å². The maximum Gasteiger partial charge on any atom is 0.194 e. The van der Waals surface area contributed by atoms with Gasteiger partial charge in [-0.3, -0.25) is 0 Å². The third-order valence-electron chi connectivity index (χ3n) is 2.87. The molecular formula is C13H13F3N2S. The molecule has 0 saturated carbocycles. The molecule has 1 N–H and O–H groups in total. The standard InChI is InChI=1S/C13H13F3N2S/c1-7-18-8(6-19-7)5-11(17-2)9-3-4-10(14)13(16)12(9)15/h3-4,6,11,17H,5H2,1-2H3. The van der Waals surface area contributed by atoms with Gasteiger partial charge in [-0.15, -0.1) is 11.3 Å². The van der Waals surface area contributed by atoms with Crippen molar-refractivity contribution in [2.75, 3.05) is 7.05 Å². The Morgan fingerprint density at radius 2 is 2.00 bits per heavy atom. The first-order valence-electron chi connectivity index (χ1n) is 5.74. The van der Waals surface area contributed by atoms with E-state index in [-0.39, 0.29) is 5.56 Å². The van der Waals surface area contributed by atoms with Crippen molar-refractivity contribution >= 4 is 11.3 Å². The van der Waals surface area contributed by atoms with E-state index < -0.39 is 23.5 Å². The molecule has 2 rings (SSSR count). The minimum absolute atomic E-state index is 0.104. The van der Waals surface area contributed by atoms with Crippen LogP contribution in [0.4, 0.5) is 13.2 Å². The molecule has 6 heteroatoms. The van der Waals surface area contributed by atoms with E-state index in [0.717, 1.165) is 16.8 Å². The molecule has 0 spiro atoms. The molecule has 1 unspecified atom stereocenters. The Bertz CT molecular complexity index is 583. The second-order valence-corrected chi connectivity index (χ2v) is 5.23. The third-order valence-corrected chi connectivity index (χ3v) is 3.69. The number of halogens is 3. The number of thiazole rings is 1. The normalized spacial score (nSPS) is 12.7. The highest BCUT2D eigenvalue weighted by molar-refractivity contribution is 7.09. The van der Waals surface area contributed by atoms with Gasteiger partial charge in [0.05, 0.1) is 10.7 Å². The van der Waals surface area contributed by atoms with Gasteiger partial charge in [0.25, 0.3) is 0 Å². The van der Waals surface area contributed by atoms with Crippen LogP contribution >= 0.6 is 11.3 Å². The average molecular weight is 286 g/mol. The van der Waals surface area contributed by atoms with Crippen LogP contribution in [0, 0.1) is 24.4 Å². The largest absolute Gasteiger partial charge is 0.313 e. The van der Waals surface area contributed by atoms with Crippen molar-refractivity contribution < 1.29 is 13.2 Å². The molecule has 102 valence electrons. The van der Waals surface area contributed by atoms with Gasteiger partial charge in [-0.2, -0.15) is 0 Å². The maximum absolute atomic E-state index is 13.7. The summed E-state index contributed by atoms with van der Waals surface area (Å²) in [5.41, 5.74) is 0.901. The SMILES string of the molecule is CNC(Cc1csc(C)n1)c1ccc(F)c(F)c1F. The second kappa shape index (κ2) is 5.71.